The van der Waals surface area contributed by atoms with Gasteiger partial charge in [-0.3, -0.25) is 0 Å². The number of halogens is 1. The summed E-state index contributed by atoms with van der Waals surface area (Å²) in [5.74, 6) is 2.36. The normalized spacial score (nSPS) is 12.1. The Morgan fingerprint density at radius 2 is 1.93 bits per heavy atom. The van der Waals surface area contributed by atoms with E-state index in [1.54, 1.807) is 54.6 Å². The largest absolute Gasteiger partial charge is 0.244 e. The molecular weight excluding hydrogens is 380 g/mol. The number of nitriles is 1. The van der Waals surface area contributed by atoms with E-state index >= 15 is 0 Å². The van der Waals surface area contributed by atoms with E-state index in [0.29, 0.717) is 10.6 Å². The van der Waals surface area contributed by atoms with Gasteiger partial charge in [0.25, 0.3) is 0 Å². The van der Waals surface area contributed by atoms with E-state index in [4.69, 9.17) is 18.0 Å². The fourth-order valence-electron chi connectivity index (χ4n) is 2.28. The highest BCUT2D eigenvalue weighted by Gasteiger charge is 2.22. The zero-order valence-electron chi connectivity index (χ0n) is 14.4. The van der Waals surface area contributed by atoms with Crippen molar-refractivity contribution in [1.82, 2.24) is 4.31 Å². The molecule has 0 amide bonds. The van der Waals surface area contributed by atoms with E-state index in [0.717, 1.165) is 5.56 Å². The average molecular weight is 397 g/mol. The molecule has 0 unspecified atom stereocenters. The Bertz CT molecular complexity index is 1030. The van der Waals surface area contributed by atoms with Gasteiger partial charge in [-0.2, -0.15) is 9.57 Å². The third-order valence-corrected chi connectivity index (χ3v) is 5.62. The second kappa shape index (κ2) is 9.75. The SMILES string of the molecule is C#CCN(C/C=C/C(C#N)=C/c1cccc(Cl)c1)S(=O)(=O)c1ccccc1. The molecule has 0 atom stereocenters. The van der Waals surface area contributed by atoms with E-state index in [-0.39, 0.29) is 18.0 Å². The molecule has 2 aromatic rings. The Morgan fingerprint density at radius 3 is 2.56 bits per heavy atom. The van der Waals surface area contributed by atoms with Crippen molar-refractivity contribution in [3.63, 3.8) is 0 Å². The van der Waals surface area contributed by atoms with Crippen molar-refractivity contribution in [1.29, 1.82) is 5.26 Å². The molecule has 0 saturated carbocycles. The van der Waals surface area contributed by atoms with Crippen LogP contribution in [-0.4, -0.2) is 25.8 Å². The topological polar surface area (TPSA) is 61.2 Å². The predicted molar refractivity (Wildman–Crippen MR) is 108 cm³/mol. The summed E-state index contributed by atoms with van der Waals surface area (Å²) in [4.78, 5) is 0.170. The summed E-state index contributed by atoms with van der Waals surface area (Å²) in [7, 11) is -3.71. The molecule has 6 heteroatoms. The van der Waals surface area contributed by atoms with Crippen LogP contribution in [0.25, 0.3) is 6.08 Å². The quantitative estimate of drug-likeness (QED) is 0.401. The predicted octanol–water partition coefficient (Wildman–Crippen LogP) is 4.13. The van der Waals surface area contributed by atoms with Crippen LogP contribution in [-0.2, 0) is 10.0 Å². The summed E-state index contributed by atoms with van der Waals surface area (Å²) < 4.78 is 26.6. The van der Waals surface area contributed by atoms with Gasteiger partial charge in [-0.25, -0.2) is 8.42 Å². The number of hydrogen-bond acceptors (Lipinski definition) is 3. The number of terminal acetylenes is 1. The molecule has 0 aliphatic carbocycles. The van der Waals surface area contributed by atoms with Crippen molar-refractivity contribution in [2.45, 2.75) is 4.90 Å². The molecule has 0 bridgehead atoms. The molecule has 0 aromatic heterocycles. The van der Waals surface area contributed by atoms with Crippen LogP contribution in [0.1, 0.15) is 5.56 Å². The molecule has 0 spiro atoms. The fraction of sp³-hybridized carbons (Fsp3) is 0.0952. The summed E-state index contributed by atoms with van der Waals surface area (Å²) in [6.07, 6.45) is 10.1. The number of benzene rings is 2. The molecule has 27 heavy (non-hydrogen) atoms. The lowest BCUT2D eigenvalue weighted by Gasteiger charge is -2.18. The highest BCUT2D eigenvalue weighted by atomic mass is 35.5. The van der Waals surface area contributed by atoms with Crippen LogP contribution in [0.3, 0.4) is 0 Å². The maximum atomic E-state index is 12.7. The molecule has 136 valence electrons. The Morgan fingerprint density at radius 1 is 1.19 bits per heavy atom. The highest BCUT2D eigenvalue weighted by molar-refractivity contribution is 7.89. The van der Waals surface area contributed by atoms with Crippen LogP contribution in [0.15, 0.2) is 77.2 Å². The fourth-order valence-corrected chi connectivity index (χ4v) is 3.81. The van der Waals surface area contributed by atoms with Crippen LogP contribution in [0.4, 0.5) is 0 Å². The van der Waals surface area contributed by atoms with Crippen molar-refractivity contribution in [3.8, 4) is 18.4 Å². The van der Waals surface area contributed by atoms with Crippen LogP contribution < -0.4 is 0 Å². The monoisotopic (exact) mass is 396 g/mol. The third-order valence-electron chi connectivity index (χ3n) is 3.56. The van der Waals surface area contributed by atoms with Gasteiger partial charge in [-0.15, -0.1) is 6.42 Å². The second-order valence-corrected chi connectivity index (χ2v) is 7.86. The van der Waals surface area contributed by atoms with Gasteiger partial charge in [0.1, 0.15) is 0 Å². The molecule has 0 aliphatic rings. The summed E-state index contributed by atoms with van der Waals surface area (Å²) in [6, 6.07) is 17.2. The molecule has 0 heterocycles. The molecule has 0 radical (unpaired) electrons. The minimum absolute atomic E-state index is 0.0516. The molecule has 0 saturated heterocycles. The summed E-state index contributed by atoms with van der Waals surface area (Å²) >= 11 is 5.94. The number of rotatable bonds is 7. The maximum absolute atomic E-state index is 12.7. The van der Waals surface area contributed by atoms with E-state index in [1.807, 2.05) is 6.07 Å². The van der Waals surface area contributed by atoms with Gasteiger partial charge >= 0.3 is 0 Å². The van der Waals surface area contributed by atoms with Gasteiger partial charge in [-0.05, 0) is 42.0 Å². The second-order valence-electron chi connectivity index (χ2n) is 5.48. The molecule has 4 nitrogen and oxygen atoms in total. The Kier molecular flexibility index (Phi) is 7.40. The van der Waals surface area contributed by atoms with Crippen LogP contribution in [0.5, 0.6) is 0 Å². The smallest absolute Gasteiger partial charge is 0.207 e. The highest BCUT2D eigenvalue weighted by Crippen LogP contribution is 2.16. The van der Waals surface area contributed by atoms with Gasteiger partial charge in [0.05, 0.1) is 23.1 Å². The van der Waals surface area contributed by atoms with Crippen molar-refractivity contribution in [3.05, 3.63) is 82.9 Å². The lowest BCUT2D eigenvalue weighted by atomic mass is 10.1. The number of hydrogen-bond donors (Lipinski definition) is 0. The van der Waals surface area contributed by atoms with E-state index < -0.39 is 10.0 Å². The summed E-state index contributed by atoms with van der Waals surface area (Å²) in [5, 5.41) is 9.87. The first-order valence-electron chi connectivity index (χ1n) is 8.00. The number of nitrogens with zero attached hydrogens (tertiary/aromatic N) is 2. The van der Waals surface area contributed by atoms with Crippen LogP contribution in [0, 0.1) is 23.7 Å². The van der Waals surface area contributed by atoms with Gasteiger partial charge < -0.3 is 0 Å². The minimum atomic E-state index is -3.71. The summed E-state index contributed by atoms with van der Waals surface area (Å²) in [5.41, 5.74) is 1.15. The lowest BCUT2D eigenvalue weighted by molar-refractivity contribution is 0.478. The average Bonchev–Trinajstić information content (AvgIpc) is 2.67. The Hall–Kier alpha value is -2.83. The van der Waals surface area contributed by atoms with Crippen LogP contribution >= 0.6 is 11.6 Å². The number of allylic oxidation sites excluding steroid dienone is 2. The standard InChI is InChI=1S/C21H17ClN2O2S/c1-2-13-24(27(25,26)21-11-4-3-5-12-21)14-7-9-19(17-23)15-18-8-6-10-20(22)16-18/h1,3-12,15-16H,13-14H2/b9-7+,19-15-. The molecular formula is C21H17ClN2O2S. The first kappa shape index (κ1) is 20.5. The van der Waals surface area contributed by atoms with Gasteiger partial charge in [0.2, 0.25) is 10.0 Å². The molecule has 0 N–H and O–H groups in total. The third kappa shape index (κ3) is 5.84. The van der Waals surface area contributed by atoms with Gasteiger partial charge in [-0.1, -0.05) is 53.9 Å². The molecule has 2 aromatic carbocycles. The van der Waals surface area contributed by atoms with Crippen LogP contribution in [0.2, 0.25) is 5.02 Å². The van der Waals surface area contributed by atoms with Crippen molar-refractivity contribution < 1.29 is 8.42 Å². The van der Waals surface area contributed by atoms with E-state index in [9.17, 15) is 13.7 Å². The Labute approximate surface area is 165 Å². The summed E-state index contributed by atoms with van der Waals surface area (Å²) in [6.45, 7) is -0.0164. The molecule has 0 aliphatic heterocycles. The van der Waals surface area contributed by atoms with Gasteiger partial charge in [0, 0.05) is 11.6 Å². The molecule has 2 rings (SSSR count). The minimum Gasteiger partial charge on any atom is -0.207 e. The van der Waals surface area contributed by atoms with E-state index in [1.165, 1.54) is 16.4 Å². The number of sulfonamides is 1. The zero-order chi connectivity index (χ0) is 19.7. The van der Waals surface area contributed by atoms with Crippen molar-refractivity contribution in [2.75, 3.05) is 13.1 Å². The Balaban J connectivity index is 2.20. The first-order chi connectivity index (χ1) is 13.0. The lowest BCUT2D eigenvalue weighted by Crippen LogP contribution is -2.31. The van der Waals surface area contributed by atoms with Crippen molar-refractivity contribution >= 4 is 27.7 Å². The zero-order valence-corrected chi connectivity index (χ0v) is 16.0. The van der Waals surface area contributed by atoms with Crippen molar-refractivity contribution in [2.24, 2.45) is 0 Å². The molecule has 0 fully saturated rings. The maximum Gasteiger partial charge on any atom is 0.244 e. The van der Waals surface area contributed by atoms with E-state index in [2.05, 4.69) is 12.0 Å². The first-order valence-corrected chi connectivity index (χ1v) is 9.81. The van der Waals surface area contributed by atoms with Gasteiger partial charge in [0.15, 0.2) is 0 Å².